The van der Waals surface area contributed by atoms with Gasteiger partial charge in [0, 0.05) is 6.61 Å². The summed E-state index contributed by atoms with van der Waals surface area (Å²) in [6, 6.07) is 3.91. The number of hydrogen-bond acceptors (Lipinski definition) is 5. The second-order valence-corrected chi connectivity index (χ2v) is 5.96. The van der Waals surface area contributed by atoms with E-state index in [1.54, 1.807) is 4.52 Å². The smallest absolute Gasteiger partial charge is 0.151 e. The lowest BCUT2D eigenvalue weighted by Gasteiger charge is -2.25. The molecule has 0 amide bonds. The van der Waals surface area contributed by atoms with Crippen molar-refractivity contribution in [1.82, 2.24) is 14.6 Å². The van der Waals surface area contributed by atoms with Gasteiger partial charge < -0.3 is 15.2 Å². The van der Waals surface area contributed by atoms with E-state index in [-0.39, 0.29) is 6.10 Å². The Hall–Kier alpha value is -1.92. The fraction of sp³-hybridized carbons (Fsp3) is 0.529. The van der Waals surface area contributed by atoms with Gasteiger partial charge >= 0.3 is 0 Å². The van der Waals surface area contributed by atoms with E-state index in [0.29, 0.717) is 12.4 Å². The van der Waals surface area contributed by atoms with Gasteiger partial charge in [-0.3, -0.25) is 0 Å². The molecule has 6 heteroatoms. The van der Waals surface area contributed by atoms with Crippen molar-refractivity contribution in [1.29, 1.82) is 0 Å². The second-order valence-electron chi connectivity index (χ2n) is 5.96. The van der Waals surface area contributed by atoms with Crippen molar-refractivity contribution >= 4 is 11.3 Å². The summed E-state index contributed by atoms with van der Waals surface area (Å²) < 4.78 is 13.8. The van der Waals surface area contributed by atoms with Gasteiger partial charge in [-0.25, -0.2) is 9.50 Å². The summed E-state index contributed by atoms with van der Waals surface area (Å²) in [6.07, 6.45) is 7.41. The zero-order valence-electron chi connectivity index (χ0n) is 13.6. The lowest BCUT2D eigenvalue weighted by Crippen LogP contribution is -2.27. The first-order valence-electron chi connectivity index (χ1n) is 8.18. The third-order valence-electron chi connectivity index (χ3n) is 4.41. The minimum absolute atomic E-state index is 0.0783. The van der Waals surface area contributed by atoms with Crippen LogP contribution in [0.5, 0.6) is 0 Å². The molecule has 1 aliphatic heterocycles. The molecule has 0 radical (unpaired) electrons. The summed E-state index contributed by atoms with van der Waals surface area (Å²) >= 11 is 0. The molecule has 124 valence electrons. The van der Waals surface area contributed by atoms with E-state index >= 15 is 0 Å². The average molecular weight is 316 g/mol. The second kappa shape index (κ2) is 6.68. The minimum atomic E-state index is -0.550. The lowest BCUT2D eigenvalue weighted by atomic mass is 9.96. The van der Waals surface area contributed by atoms with Gasteiger partial charge in [-0.05, 0) is 31.4 Å². The SMILES string of the molecule is C=C[C@]1(c2ccc3c(N)ncnn23)CC[C@@H](COCCCC)O1. The van der Waals surface area contributed by atoms with Crippen molar-refractivity contribution in [2.75, 3.05) is 18.9 Å². The van der Waals surface area contributed by atoms with Crippen LogP contribution >= 0.6 is 0 Å². The van der Waals surface area contributed by atoms with Crippen LogP contribution in [0.3, 0.4) is 0 Å². The number of rotatable bonds is 7. The predicted molar refractivity (Wildman–Crippen MR) is 89.1 cm³/mol. The molecule has 2 aromatic rings. The monoisotopic (exact) mass is 316 g/mol. The minimum Gasteiger partial charge on any atom is -0.382 e. The summed E-state index contributed by atoms with van der Waals surface area (Å²) in [7, 11) is 0. The van der Waals surface area contributed by atoms with Gasteiger partial charge in [0.05, 0.1) is 18.4 Å². The van der Waals surface area contributed by atoms with Crippen molar-refractivity contribution in [3.63, 3.8) is 0 Å². The van der Waals surface area contributed by atoms with Gasteiger partial charge in [0.15, 0.2) is 5.82 Å². The maximum Gasteiger partial charge on any atom is 0.151 e. The number of nitrogens with zero attached hydrogens (tertiary/aromatic N) is 3. The van der Waals surface area contributed by atoms with Crippen LogP contribution in [0.1, 0.15) is 38.3 Å². The Morgan fingerprint density at radius 3 is 3.22 bits per heavy atom. The van der Waals surface area contributed by atoms with E-state index in [1.807, 2.05) is 18.2 Å². The molecule has 23 heavy (non-hydrogen) atoms. The predicted octanol–water partition coefficient (Wildman–Crippen LogP) is 2.69. The van der Waals surface area contributed by atoms with E-state index in [2.05, 4.69) is 23.6 Å². The number of nitrogen functional groups attached to an aromatic ring is 1. The molecule has 0 aliphatic carbocycles. The topological polar surface area (TPSA) is 74.7 Å². The van der Waals surface area contributed by atoms with Gasteiger partial charge in [-0.15, -0.1) is 0 Å². The molecule has 3 rings (SSSR count). The Morgan fingerprint density at radius 1 is 1.57 bits per heavy atom. The fourth-order valence-electron chi connectivity index (χ4n) is 3.09. The number of hydrogen-bond donors (Lipinski definition) is 1. The molecule has 1 fully saturated rings. The molecule has 3 heterocycles. The number of nitrogens with two attached hydrogens (primary N) is 1. The zero-order chi connectivity index (χ0) is 16.3. The normalized spacial score (nSPS) is 24.3. The molecule has 2 N–H and O–H groups in total. The molecule has 1 aliphatic rings. The quantitative estimate of drug-likeness (QED) is 0.628. The summed E-state index contributed by atoms with van der Waals surface area (Å²) in [4.78, 5) is 4.03. The van der Waals surface area contributed by atoms with E-state index in [1.165, 1.54) is 6.33 Å². The van der Waals surface area contributed by atoms with Crippen molar-refractivity contribution in [2.24, 2.45) is 0 Å². The van der Waals surface area contributed by atoms with Crippen LogP contribution in [0.2, 0.25) is 0 Å². The van der Waals surface area contributed by atoms with Gasteiger partial charge in [-0.2, -0.15) is 5.10 Å². The molecule has 2 aromatic heterocycles. The summed E-state index contributed by atoms with van der Waals surface area (Å²) in [6.45, 7) is 7.55. The highest BCUT2D eigenvalue weighted by molar-refractivity contribution is 5.65. The van der Waals surface area contributed by atoms with Crippen molar-refractivity contribution in [2.45, 2.75) is 44.3 Å². The third kappa shape index (κ3) is 2.96. The van der Waals surface area contributed by atoms with Crippen LogP contribution in [-0.4, -0.2) is 33.9 Å². The highest BCUT2D eigenvalue weighted by Gasteiger charge is 2.41. The molecule has 0 saturated carbocycles. The van der Waals surface area contributed by atoms with Crippen molar-refractivity contribution < 1.29 is 9.47 Å². The van der Waals surface area contributed by atoms with Crippen molar-refractivity contribution in [3.8, 4) is 0 Å². The summed E-state index contributed by atoms with van der Waals surface area (Å²) in [5.41, 5.74) is 7.09. The van der Waals surface area contributed by atoms with Crippen LogP contribution in [0.15, 0.2) is 31.1 Å². The lowest BCUT2D eigenvalue weighted by molar-refractivity contribution is -0.0535. The zero-order valence-corrected chi connectivity index (χ0v) is 13.6. The van der Waals surface area contributed by atoms with Gasteiger partial charge in [0.1, 0.15) is 17.4 Å². The van der Waals surface area contributed by atoms with E-state index in [0.717, 1.165) is 43.5 Å². The summed E-state index contributed by atoms with van der Waals surface area (Å²) in [5.74, 6) is 0.461. The van der Waals surface area contributed by atoms with Gasteiger partial charge in [0.2, 0.25) is 0 Å². The molecule has 0 bridgehead atoms. The first-order chi connectivity index (χ1) is 11.2. The maximum atomic E-state index is 6.31. The van der Waals surface area contributed by atoms with E-state index in [9.17, 15) is 0 Å². The number of fused-ring (bicyclic) bond motifs is 1. The van der Waals surface area contributed by atoms with Crippen molar-refractivity contribution in [3.05, 3.63) is 36.8 Å². The number of unbranched alkanes of at least 4 members (excludes halogenated alkanes) is 1. The first-order valence-corrected chi connectivity index (χ1v) is 8.18. The largest absolute Gasteiger partial charge is 0.382 e. The van der Waals surface area contributed by atoms with E-state index in [4.69, 9.17) is 15.2 Å². The molecule has 0 unspecified atom stereocenters. The van der Waals surface area contributed by atoms with E-state index < -0.39 is 5.60 Å². The Morgan fingerprint density at radius 2 is 2.43 bits per heavy atom. The summed E-state index contributed by atoms with van der Waals surface area (Å²) in [5, 5.41) is 4.32. The maximum absolute atomic E-state index is 6.31. The average Bonchev–Trinajstić information content (AvgIpc) is 3.17. The highest BCUT2D eigenvalue weighted by atomic mass is 16.6. The van der Waals surface area contributed by atoms with Crippen LogP contribution in [0, 0.1) is 0 Å². The number of aromatic nitrogens is 3. The molecule has 0 spiro atoms. The Labute approximate surface area is 136 Å². The van der Waals surface area contributed by atoms with Crippen LogP contribution in [0.4, 0.5) is 5.82 Å². The van der Waals surface area contributed by atoms with Gasteiger partial charge in [0.25, 0.3) is 0 Å². The highest BCUT2D eigenvalue weighted by Crippen LogP contribution is 2.41. The van der Waals surface area contributed by atoms with Gasteiger partial charge in [-0.1, -0.05) is 26.0 Å². The first kappa shape index (κ1) is 16.0. The molecule has 0 aromatic carbocycles. The molecule has 1 saturated heterocycles. The molecule has 6 nitrogen and oxygen atoms in total. The standard InChI is InChI=1S/C17H24N4O2/c1-3-5-10-22-11-13-8-9-17(4-2,23-13)15-7-6-14-16(18)19-12-20-21(14)15/h4,6-7,12-13H,2-3,5,8-11H2,1H3,(H2,18,19,20)/t13-,17+/m0/s1. The van der Waals surface area contributed by atoms with Crippen LogP contribution in [0.25, 0.3) is 5.52 Å². The fourth-order valence-corrected chi connectivity index (χ4v) is 3.09. The Bertz CT molecular complexity index is 684. The molecular weight excluding hydrogens is 292 g/mol. The molecular formula is C17H24N4O2. The van der Waals surface area contributed by atoms with Crippen LogP contribution < -0.4 is 5.73 Å². The number of ether oxygens (including phenoxy) is 2. The van der Waals surface area contributed by atoms with Crippen LogP contribution in [-0.2, 0) is 15.1 Å². The Kier molecular flexibility index (Phi) is 4.63. The molecule has 2 atom stereocenters. The third-order valence-corrected chi connectivity index (χ3v) is 4.41. The number of anilines is 1. The Balaban J connectivity index is 1.79.